The van der Waals surface area contributed by atoms with E-state index in [1.54, 1.807) is 42.5 Å². The standard InChI is InChI=1S/C19H13F3O5S/c20-19(21,22)28(25,26)27-16-9-8-13-4-2-6-15(18(13)16)14-5-1-3-12(11-14)7-10-17(23)24/h1-7,9-11H,8H2,(H,23,24)/b10-7+. The van der Waals surface area contributed by atoms with Crippen molar-refractivity contribution in [3.05, 3.63) is 71.3 Å². The quantitative estimate of drug-likeness (QED) is 0.454. The van der Waals surface area contributed by atoms with Gasteiger partial charge in [-0.25, -0.2) is 4.79 Å². The maximum absolute atomic E-state index is 12.7. The van der Waals surface area contributed by atoms with Crippen LogP contribution in [0.5, 0.6) is 0 Å². The maximum Gasteiger partial charge on any atom is 0.534 e. The zero-order chi connectivity index (χ0) is 20.5. The molecule has 0 fully saturated rings. The van der Waals surface area contributed by atoms with E-state index < -0.39 is 21.6 Å². The van der Waals surface area contributed by atoms with Crippen LogP contribution in [-0.2, 0) is 25.5 Å². The molecule has 5 nitrogen and oxygen atoms in total. The van der Waals surface area contributed by atoms with Crippen LogP contribution in [0.4, 0.5) is 13.2 Å². The third-order valence-electron chi connectivity index (χ3n) is 4.00. The summed E-state index contributed by atoms with van der Waals surface area (Å²) in [7, 11) is -5.79. The minimum absolute atomic E-state index is 0.227. The van der Waals surface area contributed by atoms with E-state index in [0.717, 1.165) is 6.08 Å². The highest BCUT2D eigenvalue weighted by molar-refractivity contribution is 7.87. The first-order valence-corrected chi connectivity index (χ1v) is 9.34. The summed E-state index contributed by atoms with van der Waals surface area (Å²) >= 11 is 0. The van der Waals surface area contributed by atoms with Crippen LogP contribution >= 0.6 is 0 Å². The zero-order valence-corrected chi connectivity index (χ0v) is 14.9. The Labute approximate surface area is 158 Å². The predicted molar refractivity (Wildman–Crippen MR) is 96.3 cm³/mol. The molecule has 0 saturated heterocycles. The number of fused-ring (bicyclic) bond motifs is 1. The summed E-state index contributed by atoms with van der Waals surface area (Å²) in [5, 5.41) is 8.74. The number of carbonyl (C=O) groups is 1. The van der Waals surface area contributed by atoms with Crippen molar-refractivity contribution >= 4 is 27.9 Å². The fraction of sp³-hybridized carbons (Fsp3) is 0.105. The molecule has 9 heteroatoms. The van der Waals surface area contributed by atoms with Gasteiger partial charge in [0.15, 0.2) is 0 Å². The molecule has 0 radical (unpaired) electrons. The molecule has 0 aromatic heterocycles. The van der Waals surface area contributed by atoms with Crippen molar-refractivity contribution in [1.82, 2.24) is 0 Å². The molecule has 146 valence electrons. The summed E-state index contributed by atoms with van der Waals surface area (Å²) in [5.74, 6) is -1.50. The highest BCUT2D eigenvalue weighted by Crippen LogP contribution is 2.40. The van der Waals surface area contributed by atoms with Gasteiger partial charge in [0.2, 0.25) is 0 Å². The summed E-state index contributed by atoms with van der Waals surface area (Å²) in [6.45, 7) is 0. The van der Waals surface area contributed by atoms with E-state index in [9.17, 15) is 26.4 Å². The summed E-state index contributed by atoms with van der Waals surface area (Å²) < 4.78 is 65.3. The zero-order valence-electron chi connectivity index (χ0n) is 14.1. The van der Waals surface area contributed by atoms with Gasteiger partial charge in [-0.3, -0.25) is 0 Å². The number of carboxylic acid groups (broad SMARTS) is 1. The fourth-order valence-corrected chi connectivity index (χ4v) is 3.31. The molecular formula is C19H13F3O5S. The van der Waals surface area contributed by atoms with Crippen molar-refractivity contribution in [2.24, 2.45) is 0 Å². The fourth-order valence-electron chi connectivity index (χ4n) is 2.83. The van der Waals surface area contributed by atoms with Gasteiger partial charge in [0.1, 0.15) is 5.76 Å². The van der Waals surface area contributed by atoms with Crippen LogP contribution in [0.15, 0.2) is 54.6 Å². The Balaban J connectivity index is 2.04. The van der Waals surface area contributed by atoms with E-state index in [2.05, 4.69) is 4.18 Å². The van der Waals surface area contributed by atoms with E-state index in [0.29, 0.717) is 22.3 Å². The average molecular weight is 410 g/mol. The van der Waals surface area contributed by atoms with Gasteiger partial charge in [-0.1, -0.05) is 36.4 Å². The van der Waals surface area contributed by atoms with Gasteiger partial charge in [0, 0.05) is 11.6 Å². The van der Waals surface area contributed by atoms with Crippen LogP contribution in [0.3, 0.4) is 0 Å². The number of rotatable bonds is 5. The van der Waals surface area contributed by atoms with E-state index in [1.165, 1.54) is 12.2 Å². The Morgan fingerprint density at radius 3 is 2.54 bits per heavy atom. The molecule has 0 unspecified atom stereocenters. The third-order valence-corrected chi connectivity index (χ3v) is 4.97. The van der Waals surface area contributed by atoms with E-state index in [-0.39, 0.29) is 17.7 Å². The molecule has 0 aliphatic heterocycles. The van der Waals surface area contributed by atoms with Crippen LogP contribution in [-0.4, -0.2) is 25.0 Å². The van der Waals surface area contributed by atoms with Crippen LogP contribution < -0.4 is 0 Å². The summed E-state index contributed by atoms with van der Waals surface area (Å²) in [6.07, 6.45) is 3.84. The van der Waals surface area contributed by atoms with Crippen molar-refractivity contribution in [2.75, 3.05) is 0 Å². The summed E-state index contributed by atoms with van der Waals surface area (Å²) in [6, 6.07) is 11.6. The minimum atomic E-state index is -5.79. The van der Waals surface area contributed by atoms with Crippen molar-refractivity contribution < 1.29 is 35.7 Å². The van der Waals surface area contributed by atoms with Gasteiger partial charge in [0.05, 0.1) is 0 Å². The molecule has 28 heavy (non-hydrogen) atoms. The lowest BCUT2D eigenvalue weighted by Gasteiger charge is -2.15. The second-order valence-electron chi connectivity index (χ2n) is 5.89. The maximum atomic E-state index is 12.7. The Hall–Kier alpha value is -3.07. The molecule has 0 heterocycles. The number of halogens is 3. The van der Waals surface area contributed by atoms with Crippen LogP contribution in [0.1, 0.15) is 16.7 Å². The van der Waals surface area contributed by atoms with Gasteiger partial charge in [-0.2, -0.15) is 21.6 Å². The van der Waals surface area contributed by atoms with E-state index in [1.807, 2.05) is 0 Å². The Kier molecular flexibility index (Phi) is 5.03. The number of hydrogen-bond donors (Lipinski definition) is 1. The molecule has 0 spiro atoms. The number of hydrogen-bond acceptors (Lipinski definition) is 4. The molecule has 2 aromatic carbocycles. The molecule has 0 amide bonds. The van der Waals surface area contributed by atoms with E-state index in [4.69, 9.17) is 5.11 Å². The van der Waals surface area contributed by atoms with Gasteiger partial charge >= 0.3 is 21.6 Å². The topological polar surface area (TPSA) is 80.7 Å². The smallest absolute Gasteiger partial charge is 0.478 e. The molecule has 1 aliphatic rings. The second kappa shape index (κ2) is 7.16. The molecule has 0 saturated carbocycles. The monoisotopic (exact) mass is 410 g/mol. The van der Waals surface area contributed by atoms with Crippen molar-refractivity contribution in [3.63, 3.8) is 0 Å². The lowest BCUT2D eigenvalue weighted by atomic mass is 9.95. The summed E-state index contributed by atoms with van der Waals surface area (Å²) in [5.41, 5.74) is -3.04. The highest BCUT2D eigenvalue weighted by Gasteiger charge is 2.49. The van der Waals surface area contributed by atoms with Gasteiger partial charge < -0.3 is 9.29 Å². The molecule has 1 N–H and O–H groups in total. The highest BCUT2D eigenvalue weighted by atomic mass is 32.2. The number of benzene rings is 2. The lowest BCUT2D eigenvalue weighted by Crippen LogP contribution is -2.25. The minimum Gasteiger partial charge on any atom is -0.478 e. The molecule has 1 aliphatic carbocycles. The summed E-state index contributed by atoms with van der Waals surface area (Å²) in [4.78, 5) is 10.7. The van der Waals surface area contributed by atoms with Gasteiger partial charge in [-0.05, 0) is 46.9 Å². The SMILES string of the molecule is O=C(O)/C=C/c1cccc(-c2cccc3c2C(OS(=O)(=O)C(F)(F)F)=CC3)c1. The molecule has 0 bridgehead atoms. The molecular weight excluding hydrogens is 397 g/mol. The first-order chi connectivity index (χ1) is 13.1. The first-order valence-electron chi connectivity index (χ1n) is 7.93. The van der Waals surface area contributed by atoms with Crippen molar-refractivity contribution in [1.29, 1.82) is 0 Å². The predicted octanol–water partition coefficient (Wildman–Crippen LogP) is 4.21. The van der Waals surface area contributed by atoms with Gasteiger partial charge in [0.25, 0.3) is 0 Å². The largest absolute Gasteiger partial charge is 0.534 e. The molecule has 2 aromatic rings. The molecule has 0 atom stereocenters. The first kappa shape index (κ1) is 19.7. The Morgan fingerprint density at radius 2 is 1.86 bits per heavy atom. The Morgan fingerprint density at radius 1 is 1.14 bits per heavy atom. The third kappa shape index (κ3) is 3.94. The number of alkyl halides is 3. The number of aliphatic carboxylic acids is 1. The van der Waals surface area contributed by atoms with Crippen LogP contribution in [0.25, 0.3) is 23.0 Å². The van der Waals surface area contributed by atoms with Crippen LogP contribution in [0, 0.1) is 0 Å². The van der Waals surface area contributed by atoms with Gasteiger partial charge in [-0.15, -0.1) is 0 Å². The number of allylic oxidation sites excluding steroid dienone is 1. The average Bonchev–Trinajstić information content (AvgIpc) is 3.02. The normalized spacial score (nSPS) is 14.0. The molecule has 3 rings (SSSR count). The van der Waals surface area contributed by atoms with Crippen LogP contribution in [0.2, 0.25) is 0 Å². The number of carboxylic acids is 1. The van der Waals surface area contributed by atoms with E-state index >= 15 is 0 Å². The van der Waals surface area contributed by atoms with Crippen molar-refractivity contribution in [2.45, 2.75) is 11.9 Å². The van der Waals surface area contributed by atoms with Crippen molar-refractivity contribution in [3.8, 4) is 11.1 Å². The lowest BCUT2D eigenvalue weighted by molar-refractivity contribution is -0.131. The second-order valence-corrected chi connectivity index (χ2v) is 7.43. The Bertz CT molecular complexity index is 1100.